The molecule has 0 N–H and O–H groups in total. The van der Waals surface area contributed by atoms with Gasteiger partial charge in [-0.05, 0) is 28.7 Å². The van der Waals surface area contributed by atoms with Gasteiger partial charge >= 0.3 is 0 Å². The molecule has 116 valence electrons. The predicted octanol–water partition coefficient (Wildman–Crippen LogP) is 6.97. The smallest absolute Gasteiger partial charge is 0.0108 e. The average molecular weight is 277 g/mol. The molecule has 0 saturated heterocycles. The minimum Gasteiger partial charge on any atom is -0.0991 e. The van der Waals surface area contributed by atoms with E-state index in [9.17, 15) is 0 Å². The summed E-state index contributed by atoms with van der Waals surface area (Å²) < 4.78 is 0. The molecule has 0 heterocycles. The van der Waals surface area contributed by atoms with Crippen molar-refractivity contribution < 1.29 is 0 Å². The van der Waals surface area contributed by atoms with Crippen LogP contribution in [-0.4, -0.2) is 0 Å². The first-order chi connectivity index (χ1) is 9.11. The molecular formula is C20H36. The maximum Gasteiger partial charge on any atom is -0.0108 e. The summed E-state index contributed by atoms with van der Waals surface area (Å²) in [6, 6.07) is 0. The van der Waals surface area contributed by atoms with Crippen LogP contribution >= 0.6 is 0 Å². The minimum atomic E-state index is 0.245. The Bertz CT molecular complexity index is 326. The van der Waals surface area contributed by atoms with Crippen molar-refractivity contribution in [2.45, 2.75) is 61.8 Å². The molecule has 0 heteroatoms. The van der Waals surface area contributed by atoms with Gasteiger partial charge in [0.2, 0.25) is 0 Å². The standard InChI is InChI=1S/C18H30.C2H6/c1-9-11-12-13-15(10-2)16(18(6,7)8)14-17(3,4)5;1-2/h9-13,16H,1-2,14H2,3-8H3;1-2H3/b12-11-,15-13+;. The molecule has 20 heavy (non-hydrogen) atoms. The Labute approximate surface area is 128 Å². The van der Waals surface area contributed by atoms with Crippen molar-refractivity contribution in [2.24, 2.45) is 16.7 Å². The van der Waals surface area contributed by atoms with E-state index in [1.165, 1.54) is 5.57 Å². The fourth-order valence-corrected chi connectivity index (χ4v) is 2.11. The molecule has 0 nitrogen and oxygen atoms in total. The molecule has 0 rings (SSSR count). The van der Waals surface area contributed by atoms with Gasteiger partial charge in [0.25, 0.3) is 0 Å². The van der Waals surface area contributed by atoms with Gasteiger partial charge in [0.1, 0.15) is 0 Å². The van der Waals surface area contributed by atoms with Crippen LogP contribution in [0.15, 0.2) is 49.1 Å². The molecule has 0 aliphatic heterocycles. The molecule has 0 radical (unpaired) electrons. The molecule has 1 unspecified atom stereocenters. The van der Waals surface area contributed by atoms with Gasteiger partial charge in [0.15, 0.2) is 0 Å². The molecule has 0 aromatic carbocycles. The second kappa shape index (κ2) is 9.80. The SMILES string of the molecule is C=C/C=C\C=C(/C=C)C(CC(C)(C)C)C(C)(C)C.CC. The highest BCUT2D eigenvalue weighted by atomic mass is 14.3. The third-order valence-electron chi connectivity index (χ3n) is 3.04. The maximum atomic E-state index is 3.98. The number of hydrogen-bond acceptors (Lipinski definition) is 0. The van der Waals surface area contributed by atoms with Gasteiger partial charge in [-0.15, -0.1) is 0 Å². The van der Waals surface area contributed by atoms with E-state index in [4.69, 9.17) is 0 Å². The topological polar surface area (TPSA) is 0 Å². The summed E-state index contributed by atoms with van der Waals surface area (Å²) in [5, 5.41) is 0. The van der Waals surface area contributed by atoms with Crippen molar-refractivity contribution in [1.82, 2.24) is 0 Å². The molecule has 0 aromatic rings. The highest BCUT2D eigenvalue weighted by Crippen LogP contribution is 2.40. The Hall–Kier alpha value is -1.04. The molecule has 1 atom stereocenters. The van der Waals surface area contributed by atoms with Gasteiger partial charge in [-0.2, -0.15) is 0 Å². The van der Waals surface area contributed by atoms with Crippen LogP contribution in [-0.2, 0) is 0 Å². The summed E-state index contributed by atoms with van der Waals surface area (Å²) in [6.07, 6.45) is 11.1. The van der Waals surface area contributed by atoms with E-state index in [1.807, 2.05) is 32.1 Å². The zero-order valence-corrected chi connectivity index (χ0v) is 15.1. The van der Waals surface area contributed by atoms with Crippen molar-refractivity contribution >= 4 is 0 Å². The van der Waals surface area contributed by atoms with Gasteiger partial charge in [-0.1, -0.05) is 98.9 Å². The Morgan fingerprint density at radius 1 is 0.950 bits per heavy atom. The van der Waals surface area contributed by atoms with Crippen LogP contribution in [0.1, 0.15) is 61.8 Å². The molecule has 0 aromatic heterocycles. The van der Waals surface area contributed by atoms with Crippen LogP contribution in [0.2, 0.25) is 0 Å². The van der Waals surface area contributed by atoms with Crippen molar-refractivity contribution in [2.75, 3.05) is 0 Å². The molecule has 0 saturated carbocycles. The largest absolute Gasteiger partial charge is 0.0991 e. The Balaban J connectivity index is 0. The summed E-state index contributed by atoms with van der Waals surface area (Å²) >= 11 is 0. The highest BCUT2D eigenvalue weighted by molar-refractivity contribution is 5.27. The van der Waals surface area contributed by atoms with Crippen molar-refractivity contribution in [3.8, 4) is 0 Å². The molecule has 0 aliphatic carbocycles. The zero-order chi connectivity index (χ0) is 16.4. The summed E-state index contributed by atoms with van der Waals surface area (Å²) in [4.78, 5) is 0. The summed E-state index contributed by atoms with van der Waals surface area (Å²) in [5.74, 6) is 0.518. The van der Waals surface area contributed by atoms with Crippen LogP contribution in [0.3, 0.4) is 0 Å². The van der Waals surface area contributed by atoms with E-state index in [0.29, 0.717) is 11.3 Å². The lowest BCUT2D eigenvalue weighted by molar-refractivity contribution is 0.199. The average Bonchev–Trinajstić information content (AvgIpc) is 2.33. The monoisotopic (exact) mass is 276 g/mol. The quantitative estimate of drug-likeness (QED) is 0.476. The summed E-state index contributed by atoms with van der Waals surface area (Å²) in [5.41, 5.74) is 1.88. The lowest BCUT2D eigenvalue weighted by Crippen LogP contribution is -2.26. The highest BCUT2D eigenvalue weighted by Gasteiger charge is 2.30. The molecule has 0 aliphatic rings. The lowest BCUT2D eigenvalue weighted by Gasteiger charge is -2.36. The first-order valence-corrected chi connectivity index (χ1v) is 7.73. The summed E-state index contributed by atoms with van der Waals surface area (Å²) in [7, 11) is 0. The zero-order valence-electron chi connectivity index (χ0n) is 15.1. The Kier molecular flexibility index (Phi) is 10.4. The van der Waals surface area contributed by atoms with Crippen LogP contribution in [0, 0.1) is 16.7 Å². The first-order valence-electron chi connectivity index (χ1n) is 7.73. The fraction of sp³-hybridized carbons (Fsp3) is 0.600. The van der Waals surface area contributed by atoms with Crippen LogP contribution in [0.4, 0.5) is 0 Å². The van der Waals surface area contributed by atoms with E-state index in [1.54, 1.807) is 6.08 Å². The van der Waals surface area contributed by atoms with Gasteiger partial charge in [-0.25, -0.2) is 0 Å². The minimum absolute atomic E-state index is 0.245. The van der Waals surface area contributed by atoms with Crippen LogP contribution in [0.25, 0.3) is 0 Å². The van der Waals surface area contributed by atoms with Crippen molar-refractivity contribution in [1.29, 1.82) is 0 Å². The molecule has 0 fully saturated rings. The second-order valence-electron chi connectivity index (χ2n) is 7.17. The molecule has 0 bridgehead atoms. The first kappa shape index (κ1) is 21.3. The third kappa shape index (κ3) is 9.83. The maximum absolute atomic E-state index is 3.98. The van der Waals surface area contributed by atoms with E-state index in [0.717, 1.165) is 6.42 Å². The summed E-state index contributed by atoms with van der Waals surface area (Å²) in [6.45, 7) is 25.5. The lowest BCUT2D eigenvalue weighted by atomic mass is 9.68. The normalized spacial score (nSPS) is 14.5. The van der Waals surface area contributed by atoms with Crippen LogP contribution < -0.4 is 0 Å². The molecular weight excluding hydrogens is 240 g/mol. The molecule has 0 spiro atoms. The predicted molar refractivity (Wildman–Crippen MR) is 96.0 cm³/mol. The third-order valence-corrected chi connectivity index (χ3v) is 3.04. The van der Waals surface area contributed by atoms with Gasteiger partial charge in [-0.3, -0.25) is 0 Å². The van der Waals surface area contributed by atoms with E-state index in [2.05, 4.69) is 60.8 Å². The Morgan fingerprint density at radius 2 is 1.45 bits per heavy atom. The number of rotatable bonds is 5. The number of allylic oxidation sites excluding steroid dienone is 6. The van der Waals surface area contributed by atoms with E-state index < -0.39 is 0 Å². The van der Waals surface area contributed by atoms with Gasteiger partial charge in [0.05, 0.1) is 0 Å². The number of hydrogen-bond donors (Lipinski definition) is 0. The van der Waals surface area contributed by atoms with Crippen molar-refractivity contribution in [3.63, 3.8) is 0 Å². The van der Waals surface area contributed by atoms with E-state index >= 15 is 0 Å². The van der Waals surface area contributed by atoms with Gasteiger partial charge in [0, 0.05) is 0 Å². The molecule has 0 amide bonds. The van der Waals surface area contributed by atoms with Crippen molar-refractivity contribution in [3.05, 3.63) is 49.1 Å². The fourth-order valence-electron chi connectivity index (χ4n) is 2.11. The van der Waals surface area contributed by atoms with Crippen LogP contribution in [0.5, 0.6) is 0 Å². The Morgan fingerprint density at radius 3 is 1.75 bits per heavy atom. The second-order valence-corrected chi connectivity index (χ2v) is 7.17. The van der Waals surface area contributed by atoms with E-state index in [-0.39, 0.29) is 5.41 Å². The van der Waals surface area contributed by atoms with Gasteiger partial charge < -0.3 is 0 Å².